The van der Waals surface area contributed by atoms with Gasteiger partial charge in [-0.2, -0.15) is 26.3 Å². The molecule has 154 valence electrons. The summed E-state index contributed by atoms with van der Waals surface area (Å²) in [6.45, 7) is -0.353. The number of aliphatic hydroxyl groups is 1. The van der Waals surface area contributed by atoms with Gasteiger partial charge in [-0.1, -0.05) is 30.3 Å². The number of nitrogens with one attached hydrogen (secondary N) is 1. The van der Waals surface area contributed by atoms with Crippen molar-refractivity contribution in [2.24, 2.45) is 5.73 Å². The monoisotopic (exact) mass is 406 g/mol. The molecule has 0 unspecified atom stereocenters. The van der Waals surface area contributed by atoms with E-state index in [1.54, 1.807) is 0 Å². The van der Waals surface area contributed by atoms with Crippen molar-refractivity contribution in [2.45, 2.75) is 37.5 Å². The molecule has 28 heavy (non-hydrogen) atoms. The molecule has 2 atom stereocenters. The normalized spacial score (nSPS) is 14.7. The first-order valence-corrected chi connectivity index (χ1v) is 8.43. The highest BCUT2D eigenvalue weighted by molar-refractivity contribution is 5.33. The van der Waals surface area contributed by atoms with E-state index in [1.165, 1.54) is 0 Å². The van der Waals surface area contributed by atoms with Crippen molar-refractivity contribution in [2.75, 3.05) is 6.54 Å². The molecule has 2 rings (SSSR count). The minimum absolute atomic E-state index is 0.0775. The van der Waals surface area contributed by atoms with Crippen molar-refractivity contribution in [3.05, 3.63) is 70.8 Å². The Morgan fingerprint density at radius 2 is 1.39 bits per heavy atom. The fourth-order valence-corrected chi connectivity index (χ4v) is 2.66. The number of nitrogens with two attached hydrogens (primary N) is 1. The quantitative estimate of drug-likeness (QED) is 0.614. The zero-order valence-corrected chi connectivity index (χ0v) is 14.7. The Kier molecular flexibility index (Phi) is 7.08. The summed E-state index contributed by atoms with van der Waals surface area (Å²) < 4.78 is 77.1. The molecule has 0 amide bonds. The van der Waals surface area contributed by atoms with Crippen LogP contribution in [0.1, 0.15) is 22.3 Å². The predicted molar refractivity (Wildman–Crippen MR) is 92.3 cm³/mol. The molecule has 0 aromatic heterocycles. The number of halogens is 6. The molecule has 0 radical (unpaired) electrons. The summed E-state index contributed by atoms with van der Waals surface area (Å²) in [5.41, 5.74) is 3.87. The second-order valence-electron chi connectivity index (χ2n) is 6.47. The molecule has 0 saturated heterocycles. The third-order valence-electron chi connectivity index (χ3n) is 4.14. The average Bonchev–Trinajstić information content (AvgIpc) is 2.60. The molecular weight excluding hydrogens is 386 g/mol. The Labute approximate surface area is 158 Å². The van der Waals surface area contributed by atoms with E-state index in [0.717, 1.165) is 5.56 Å². The zero-order valence-electron chi connectivity index (χ0n) is 14.7. The Morgan fingerprint density at radius 3 is 1.89 bits per heavy atom. The lowest BCUT2D eigenvalue weighted by atomic mass is 10.0. The molecule has 0 spiro atoms. The van der Waals surface area contributed by atoms with Crippen molar-refractivity contribution in [3.63, 3.8) is 0 Å². The van der Waals surface area contributed by atoms with Gasteiger partial charge >= 0.3 is 12.4 Å². The maximum absolute atomic E-state index is 12.9. The maximum atomic E-state index is 12.9. The van der Waals surface area contributed by atoms with Crippen LogP contribution in [0.4, 0.5) is 26.3 Å². The second kappa shape index (κ2) is 8.93. The van der Waals surface area contributed by atoms with E-state index < -0.39 is 35.6 Å². The number of alkyl halides is 6. The van der Waals surface area contributed by atoms with Gasteiger partial charge in [0.05, 0.1) is 17.2 Å². The first kappa shape index (κ1) is 22.2. The Hall–Kier alpha value is -2.10. The Balaban J connectivity index is 1.99. The van der Waals surface area contributed by atoms with Crippen LogP contribution in [0.25, 0.3) is 0 Å². The zero-order chi connectivity index (χ0) is 20.9. The van der Waals surface area contributed by atoms with Crippen LogP contribution >= 0.6 is 0 Å². The maximum Gasteiger partial charge on any atom is 0.416 e. The Morgan fingerprint density at radius 1 is 0.857 bits per heavy atom. The van der Waals surface area contributed by atoms with Crippen LogP contribution in [0.2, 0.25) is 0 Å². The van der Waals surface area contributed by atoms with Crippen LogP contribution in [-0.4, -0.2) is 23.8 Å². The van der Waals surface area contributed by atoms with Gasteiger partial charge in [0, 0.05) is 19.1 Å². The molecule has 2 aromatic rings. The first-order chi connectivity index (χ1) is 13.0. The van der Waals surface area contributed by atoms with Gasteiger partial charge in [0.1, 0.15) is 0 Å². The van der Waals surface area contributed by atoms with E-state index in [9.17, 15) is 31.4 Å². The van der Waals surface area contributed by atoms with Crippen molar-refractivity contribution < 1.29 is 31.4 Å². The average molecular weight is 406 g/mol. The van der Waals surface area contributed by atoms with Gasteiger partial charge in [0.15, 0.2) is 0 Å². The van der Waals surface area contributed by atoms with Crippen LogP contribution in [0.3, 0.4) is 0 Å². The SMILES string of the molecule is N[C@@H](Cc1ccccc1)[C@H](O)CNCc1cc(C(F)(F)F)cc(C(F)(F)F)c1. The van der Waals surface area contributed by atoms with Crippen LogP contribution in [0.15, 0.2) is 48.5 Å². The summed E-state index contributed by atoms with van der Waals surface area (Å²) in [5, 5.41) is 12.7. The minimum atomic E-state index is -4.90. The molecule has 0 fully saturated rings. The van der Waals surface area contributed by atoms with E-state index in [2.05, 4.69) is 5.32 Å². The van der Waals surface area contributed by atoms with Crippen molar-refractivity contribution in [3.8, 4) is 0 Å². The summed E-state index contributed by atoms with van der Waals surface area (Å²) >= 11 is 0. The van der Waals surface area contributed by atoms with Crippen LogP contribution < -0.4 is 11.1 Å². The third-order valence-corrected chi connectivity index (χ3v) is 4.14. The van der Waals surface area contributed by atoms with Gasteiger partial charge in [-0.05, 0) is 35.7 Å². The van der Waals surface area contributed by atoms with E-state index in [-0.39, 0.29) is 24.7 Å². The van der Waals surface area contributed by atoms with Crippen molar-refractivity contribution in [1.82, 2.24) is 5.32 Å². The number of hydrogen-bond donors (Lipinski definition) is 3. The largest absolute Gasteiger partial charge is 0.416 e. The van der Waals surface area contributed by atoms with Gasteiger partial charge in [-0.15, -0.1) is 0 Å². The molecule has 3 nitrogen and oxygen atoms in total. The van der Waals surface area contributed by atoms with Crippen molar-refractivity contribution >= 4 is 0 Å². The molecule has 4 N–H and O–H groups in total. The molecule has 9 heteroatoms. The lowest BCUT2D eigenvalue weighted by molar-refractivity contribution is -0.143. The smallest absolute Gasteiger partial charge is 0.390 e. The lowest BCUT2D eigenvalue weighted by Crippen LogP contribution is -2.43. The predicted octanol–water partition coefficient (Wildman–Crippen LogP) is 3.74. The molecule has 0 bridgehead atoms. The molecule has 0 aliphatic rings. The molecule has 0 aliphatic heterocycles. The fraction of sp³-hybridized carbons (Fsp3) is 0.368. The molecule has 2 aromatic carbocycles. The highest BCUT2D eigenvalue weighted by Gasteiger charge is 2.36. The molecule has 0 aliphatic carbocycles. The lowest BCUT2D eigenvalue weighted by Gasteiger charge is -2.20. The minimum Gasteiger partial charge on any atom is -0.390 e. The highest BCUT2D eigenvalue weighted by Crippen LogP contribution is 2.36. The number of rotatable bonds is 7. The van der Waals surface area contributed by atoms with Crippen molar-refractivity contribution in [1.29, 1.82) is 0 Å². The number of benzene rings is 2. The topological polar surface area (TPSA) is 58.3 Å². The summed E-state index contributed by atoms with van der Waals surface area (Å²) in [6, 6.07) is 9.88. The number of hydrogen-bond acceptors (Lipinski definition) is 3. The van der Waals surface area contributed by atoms with E-state index >= 15 is 0 Å². The van der Waals surface area contributed by atoms with Gasteiger partial charge in [0.2, 0.25) is 0 Å². The van der Waals surface area contributed by atoms with Crippen LogP contribution in [-0.2, 0) is 25.3 Å². The van der Waals surface area contributed by atoms with E-state index in [4.69, 9.17) is 5.73 Å². The molecular formula is C19H20F6N2O. The van der Waals surface area contributed by atoms with Gasteiger partial charge in [-0.25, -0.2) is 0 Å². The fourth-order valence-electron chi connectivity index (χ4n) is 2.66. The molecule has 0 saturated carbocycles. The van der Waals surface area contributed by atoms with Crippen LogP contribution in [0.5, 0.6) is 0 Å². The van der Waals surface area contributed by atoms with Gasteiger partial charge in [-0.3, -0.25) is 0 Å². The Bertz CT molecular complexity index is 729. The first-order valence-electron chi connectivity index (χ1n) is 8.43. The second-order valence-corrected chi connectivity index (χ2v) is 6.47. The summed E-state index contributed by atoms with van der Waals surface area (Å²) in [5.74, 6) is 0. The summed E-state index contributed by atoms with van der Waals surface area (Å²) in [4.78, 5) is 0. The standard InChI is InChI=1S/C19H20F6N2O/c20-18(21,22)14-6-13(7-15(9-14)19(23,24)25)10-27-11-17(28)16(26)8-12-4-2-1-3-5-12/h1-7,9,16-17,27-28H,8,10-11,26H2/t16-,17+/m0/s1. The van der Waals surface area contributed by atoms with E-state index in [0.29, 0.717) is 18.6 Å². The molecule has 0 heterocycles. The van der Waals surface area contributed by atoms with Gasteiger partial charge < -0.3 is 16.2 Å². The van der Waals surface area contributed by atoms with E-state index in [1.807, 2.05) is 30.3 Å². The summed E-state index contributed by atoms with van der Waals surface area (Å²) in [7, 11) is 0. The van der Waals surface area contributed by atoms with Gasteiger partial charge in [0.25, 0.3) is 0 Å². The third kappa shape index (κ3) is 6.50. The highest BCUT2D eigenvalue weighted by atomic mass is 19.4. The summed E-state index contributed by atoms with van der Waals surface area (Å²) in [6.07, 6.45) is -10.4. The number of aliphatic hydroxyl groups excluding tert-OH is 1. The van der Waals surface area contributed by atoms with Crippen LogP contribution in [0, 0.1) is 0 Å².